The van der Waals surface area contributed by atoms with Gasteiger partial charge in [0, 0.05) is 25.2 Å². The number of H-pyrrole nitrogens is 1. The quantitative estimate of drug-likeness (QED) is 0.713. The topological polar surface area (TPSA) is 126 Å². The van der Waals surface area contributed by atoms with Crippen LogP contribution in [0, 0.1) is 0 Å². The van der Waals surface area contributed by atoms with Gasteiger partial charge in [-0.25, -0.2) is 16.8 Å². The average Bonchev–Trinajstić information content (AvgIpc) is 2.74. The van der Waals surface area contributed by atoms with Gasteiger partial charge in [0.25, 0.3) is 10.0 Å². The van der Waals surface area contributed by atoms with E-state index in [0.29, 0.717) is 12.0 Å². The Morgan fingerprint density at radius 2 is 2.11 bits per heavy atom. The number of aromatic nitrogens is 2. The molecular formula is C9H16N4O4S2. The average molecular weight is 308 g/mol. The molecule has 1 aromatic heterocycles. The molecule has 0 aliphatic carbocycles. The first-order valence-electron chi connectivity index (χ1n) is 5.80. The lowest BCUT2D eigenvalue weighted by Crippen LogP contribution is -2.34. The number of hydrogen-bond acceptors (Lipinski definition) is 6. The van der Waals surface area contributed by atoms with Crippen LogP contribution in [0.25, 0.3) is 0 Å². The summed E-state index contributed by atoms with van der Waals surface area (Å²) >= 11 is 0. The lowest BCUT2D eigenvalue weighted by molar-refractivity contribution is 0.431. The van der Waals surface area contributed by atoms with Crippen LogP contribution in [0.15, 0.2) is 11.2 Å². The SMILES string of the molecule is NCc1cn[nH]c1S(=O)(=O)N1CCCS(=O)(=O)CC1. The molecule has 1 aliphatic rings. The number of sulfone groups is 1. The summed E-state index contributed by atoms with van der Waals surface area (Å²) in [6.45, 7) is 0.204. The summed E-state index contributed by atoms with van der Waals surface area (Å²) in [7, 11) is -6.92. The normalized spacial score (nSPS) is 21.1. The second kappa shape index (κ2) is 5.19. The van der Waals surface area contributed by atoms with E-state index in [0.717, 1.165) is 0 Å². The molecule has 1 saturated heterocycles. The minimum absolute atomic E-state index is 0.0196. The standard InChI is InChI=1S/C9H16N4O4S2/c10-6-8-7-11-12-9(8)19(16,17)13-2-1-4-18(14,15)5-3-13/h7H,1-6,10H2,(H,11,12). The highest BCUT2D eigenvalue weighted by Gasteiger charge is 2.31. The van der Waals surface area contributed by atoms with Crippen molar-refractivity contribution in [2.75, 3.05) is 24.6 Å². The zero-order chi connectivity index (χ0) is 14.1. The maximum absolute atomic E-state index is 12.4. The minimum atomic E-state index is -3.76. The smallest absolute Gasteiger partial charge is 0.260 e. The molecule has 19 heavy (non-hydrogen) atoms. The summed E-state index contributed by atoms with van der Waals surface area (Å²) < 4.78 is 48.9. The minimum Gasteiger partial charge on any atom is -0.326 e. The van der Waals surface area contributed by atoms with Gasteiger partial charge >= 0.3 is 0 Å². The molecule has 1 fully saturated rings. The molecule has 0 spiro atoms. The van der Waals surface area contributed by atoms with Crippen molar-refractivity contribution in [2.24, 2.45) is 5.73 Å². The molecule has 0 saturated carbocycles. The molecule has 8 nitrogen and oxygen atoms in total. The molecule has 1 aromatic rings. The fourth-order valence-electron chi connectivity index (χ4n) is 1.95. The summed E-state index contributed by atoms with van der Waals surface area (Å²) in [6, 6.07) is 0. The molecule has 0 radical (unpaired) electrons. The number of sulfonamides is 1. The van der Waals surface area contributed by atoms with Gasteiger partial charge in [0.1, 0.15) is 0 Å². The Bertz CT molecular complexity index is 650. The number of nitrogens with two attached hydrogens (primary N) is 1. The van der Waals surface area contributed by atoms with Gasteiger partial charge in [0.15, 0.2) is 14.9 Å². The van der Waals surface area contributed by atoms with Crippen LogP contribution in [-0.2, 0) is 26.4 Å². The Labute approximate surface area is 111 Å². The largest absolute Gasteiger partial charge is 0.326 e. The molecule has 1 aliphatic heterocycles. The van der Waals surface area contributed by atoms with Crippen LogP contribution in [0.2, 0.25) is 0 Å². The third kappa shape index (κ3) is 2.96. The Morgan fingerprint density at radius 3 is 2.79 bits per heavy atom. The van der Waals surface area contributed by atoms with Crippen molar-refractivity contribution in [3.05, 3.63) is 11.8 Å². The monoisotopic (exact) mass is 308 g/mol. The molecule has 0 amide bonds. The van der Waals surface area contributed by atoms with Crippen molar-refractivity contribution in [2.45, 2.75) is 18.0 Å². The van der Waals surface area contributed by atoms with E-state index in [-0.39, 0.29) is 36.2 Å². The molecule has 108 valence electrons. The van der Waals surface area contributed by atoms with E-state index in [2.05, 4.69) is 10.2 Å². The van der Waals surface area contributed by atoms with E-state index < -0.39 is 19.9 Å². The second-order valence-corrected chi connectivity index (χ2v) is 8.52. The molecule has 0 bridgehead atoms. The van der Waals surface area contributed by atoms with E-state index >= 15 is 0 Å². The van der Waals surface area contributed by atoms with Crippen LogP contribution in [0.5, 0.6) is 0 Å². The summed E-state index contributed by atoms with van der Waals surface area (Å²) in [6.07, 6.45) is 1.66. The first-order chi connectivity index (χ1) is 8.87. The van der Waals surface area contributed by atoms with Gasteiger partial charge in [-0.05, 0) is 6.42 Å². The Hall–Kier alpha value is -0.970. The summed E-state index contributed by atoms with van der Waals surface area (Å²) in [5.41, 5.74) is 5.85. The summed E-state index contributed by atoms with van der Waals surface area (Å²) in [5.74, 6) is -0.135. The van der Waals surface area contributed by atoms with E-state index in [1.54, 1.807) is 0 Å². The first-order valence-corrected chi connectivity index (χ1v) is 9.06. The Morgan fingerprint density at radius 1 is 1.37 bits per heavy atom. The van der Waals surface area contributed by atoms with E-state index in [9.17, 15) is 16.8 Å². The molecule has 0 unspecified atom stereocenters. The van der Waals surface area contributed by atoms with Gasteiger partial charge in [-0.1, -0.05) is 0 Å². The van der Waals surface area contributed by atoms with Crippen LogP contribution in [-0.4, -0.2) is 55.9 Å². The first kappa shape index (κ1) is 14.4. The Kier molecular flexibility index (Phi) is 3.95. The van der Waals surface area contributed by atoms with E-state index in [1.165, 1.54) is 10.5 Å². The summed E-state index contributed by atoms with van der Waals surface area (Å²) in [5, 5.41) is 6.06. The molecule has 3 N–H and O–H groups in total. The fourth-order valence-corrected chi connectivity index (χ4v) is 4.93. The zero-order valence-corrected chi connectivity index (χ0v) is 11.9. The van der Waals surface area contributed by atoms with Crippen LogP contribution in [0.3, 0.4) is 0 Å². The van der Waals surface area contributed by atoms with Crippen molar-refractivity contribution < 1.29 is 16.8 Å². The Balaban J connectivity index is 2.30. The number of nitrogens with one attached hydrogen (secondary N) is 1. The molecule has 2 rings (SSSR count). The molecule has 10 heteroatoms. The zero-order valence-electron chi connectivity index (χ0n) is 10.2. The predicted octanol–water partition coefficient (Wildman–Crippen LogP) is -1.32. The predicted molar refractivity (Wildman–Crippen MR) is 68.5 cm³/mol. The second-order valence-electron chi connectivity index (χ2n) is 4.34. The third-order valence-electron chi connectivity index (χ3n) is 3.01. The highest BCUT2D eigenvalue weighted by molar-refractivity contribution is 7.91. The van der Waals surface area contributed by atoms with E-state index in [4.69, 9.17) is 5.73 Å². The van der Waals surface area contributed by atoms with Gasteiger partial charge in [-0.3, -0.25) is 5.10 Å². The van der Waals surface area contributed by atoms with Gasteiger partial charge in [-0.15, -0.1) is 0 Å². The van der Waals surface area contributed by atoms with Crippen LogP contribution < -0.4 is 5.73 Å². The van der Waals surface area contributed by atoms with Crippen LogP contribution in [0.4, 0.5) is 0 Å². The number of aromatic amines is 1. The van der Waals surface area contributed by atoms with Crippen molar-refractivity contribution in [3.63, 3.8) is 0 Å². The molecule has 0 aromatic carbocycles. The number of hydrogen-bond donors (Lipinski definition) is 2. The lowest BCUT2D eigenvalue weighted by atomic mass is 10.4. The highest BCUT2D eigenvalue weighted by Crippen LogP contribution is 2.19. The molecular weight excluding hydrogens is 292 g/mol. The van der Waals surface area contributed by atoms with Gasteiger partial charge in [0.2, 0.25) is 0 Å². The van der Waals surface area contributed by atoms with E-state index in [1.807, 2.05) is 0 Å². The summed E-state index contributed by atoms with van der Waals surface area (Å²) in [4.78, 5) is 0. The lowest BCUT2D eigenvalue weighted by Gasteiger charge is -2.18. The van der Waals surface area contributed by atoms with Crippen molar-refractivity contribution in [1.29, 1.82) is 0 Å². The number of rotatable bonds is 3. The van der Waals surface area contributed by atoms with Crippen molar-refractivity contribution in [1.82, 2.24) is 14.5 Å². The fraction of sp³-hybridized carbons (Fsp3) is 0.667. The van der Waals surface area contributed by atoms with Crippen molar-refractivity contribution >= 4 is 19.9 Å². The maximum atomic E-state index is 12.4. The number of nitrogens with zero attached hydrogens (tertiary/aromatic N) is 2. The van der Waals surface area contributed by atoms with Crippen molar-refractivity contribution in [3.8, 4) is 0 Å². The molecule has 0 atom stereocenters. The van der Waals surface area contributed by atoms with Gasteiger partial charge in [0.05, 0.1) is 17.7 Å². The third-order valence-corrected chi connectivity index (χ3v) is 6.64. The maximum Gasteiger partial charge on any atom is 0.260 e. The van der Waals surface area contributed by atoms with Gasteiger partial charge in [-0.2, -0.15) is 9.40 Å². The van der Waals surface area contributed by atoms with Gasteiger partial charge < -0.3 is 5.73 Å². The molecule has 2 heterocycles. The highest BCUT2D eigenvalue weighted by atomic mass is 32.2. The van der Waals surface area contributed by atoms with Crippen LogP contribution in [0.1, 0.15) is 12.0 Å². The van der Waals surface area contributed by atoms with Crippen LogP contribution >= 0.6 is 0 Å².